The van der Waals surface area contributed by atoms with Gasteiger partial charge in [0.15, 0.2) is 0 Å². The molecule has 17 heavy (non-hydrogen) atoms. The van der Waals surface area contributed by atoms with Crippen LogP contribution >= 0.6 is 0 Å². The zero-order valence-corrected chi connectivity index (χ0v) is 10.4. The molecule has 6 heteroatoms. The summed E-state index contributed by atoms with van der Waals surface area (Å²) in [6.07, 6.45) is 3.34. The number of rotatable bonds is 5. The van der Waals surface area contributed by atoms with E-state index in [2.05, 4.69) is 9.98 Å². The zero-order chi connectivity index (χ0) is 12.8. The average Bonchev–Trinajstić information content (AvgIpc) is 2.29. The second-order valence-electron chi connectivity index (χ2n) is 3.99. The van der Waals surface area contributed by atoms with Gasteiger partial charge in [0, 0.05) is 26.4 Å². The van der Waals surface area contributed by atoms with E-state index in [-0.39, 0.29) is 5.56 Å². The van der Waals surface area contributed by atoms with Gasteiger partial charge in [0.25, 0.3) is 5.56 Å². The van der Waals surface area contributed by atoms with E-state index in [0.29, 0.717) is 18.9 Å². The normalized spacial score (nSPS) is 12.9. The lowest BCUT2D eigenvalue weighted by Gasteiger charge is -2.12. The van der Waals surface area contributed by atoms with Crippen LogP contribution in [0.1, 0.15) is 13.3 Å². The minimum atomic E-state index is -0.465. The van der Waals surface area contributed by atoms with Crippen LogP contribution in [0.2, 0.25) is 0 Å². The summed E-state index contributed by atoms with van der Waals surface area (Å²) >= 11 is 0. The minimum absolute atomic E-state index is 0.304. The molecule has 94 valence electrons. The summed E-state index contributed by atoms with van der Waals surface area (Å²) in [4.78, 5) is 20.8. The van der Waals surface area contributed by atoms with Crippen LogP contribution < -0.4 is 5.56 Å². The molecule has 6 nitrogen and oxygen atoms in total. The van der Waals surface area contributed by atoms with E-state index in [1.54, 1.807) is 22.0 Å². The van der Waals surface area contributed by atoms with Crippen molar-refractivity contribution in [1.29, 1.82) is 0 Å². The van der Waals surface area contributed by atoms with E-state index in [4.69, 9.17) is 0 Å². The van der Waals surface area contributed by atoms with E-state index >= 15 is 0 Å². The van der Waals surface area contributed by atoms with Gasteiger partial charge in [-0.3, -0.25) is 4.79 Å². The lowest BCUT2D eigenvalue weighted by Crippen LogP contribution is -2.19. The fourth-order valence-corrected chi connectivity index (χ4v) is 1.19. The molecule has 0 saturated heterocycles. The Hall–Kier alpha value is -1.69. The van der Waals surface area contributed by atoms with E-state index in [0.717, 1.165) is 0 Å². The average molecular weight is 238 g/mol. The van der Waals surface area contributed by atoms with Crippen molar-refractivity contribution in [3.05, 3.63) is 22.6 Å². The van der Waals surface area contributed by atoms with Crippen LogP contribution in [0.5, 0.6) is 0 Å². The van der Waals surface area contributed by atoms with Crippen molar-refractivity contribution >= 4 is 12.3 Å². The first-order valence-electron chi connectivity index (χ1n) is 5.49. The second kappa shape index (κ2) is 6.15. The summed E-state index contributed by atoms with van der Waals surface area (Å²) in [5.74, 6) is 0.304. The molecule has 0 saturated carbocycles. The van der Waals surface area contributed by atoms with Crippen molar-refractivity contribution in [1.82, 2.24) is 14.5 Å². The Labute approximate surface area is 100 Å². The third kappa shape index (κ3) is 4.36. The molecule has 1 heterocycles. The van der Waals surface area contributed by atoms with Crippen molar-refractivity contribution in [3.8, 4) is 0 Å². The van der Waals surface area contributed by atoms with Crippen LogP contribution in [0.25, 0.3) is 0 Å². The highest BCUT2D eigenvalue weighted by molar-refractivity contribution is 5.57. The highest BCUT2D eigenvalue weighted by Gasteiger charge is 2.06. The maximum atomic E-state index is 11.2. The Kier molecular flexibility index (Phi) is 4.84. The molecule has 1 rings (SSSR count). The van der Waals surface area contributed by atoms with Crippen LogP contribution in [-0.4, -0.2) is 46.1 Å². The Balaban J connectivity index is 2.99. The number of aliphatic hydroxyl groups excluding tert-OH is 1. The van der Waals surface area contributed by atoms with Gasteiger partial charge in [-0.05, 0) is 6.42 Å². The van der Waals surface area contributed by atoms with Crippen LogP contribution in [0.4, 0.5) is 5.95 Å². The molecular formula is C11H18N4O2. The molecule has 1 aromatic heterocycles. The van der Waals surface area contributed by atoms with Crippen molar-refractivity contribution in [2.45, 2.75) is 26.0 Å². The molecule has 0 aromatic carbocycles. The molecule has 1 atom stereocenters. The molecule has 1 N–H and O–H groups in total. The Morgan fingerprint density at radius 1 is 1.65 bits per heavy atom. The first-order valence-corrected chi connectivity index (χ1v) is 5.49. The van der Waals surface area contributed by atoms with Gasteiger partial charge in [0.1, 0.15) is 0 Å². The maximum absolute atomic E-state index is 11.2. The number of aliphatic hydroxyl groups is 1. The first kappa shape index (κ1) is 13.4. The van der Waals surface area contributed by atoms with E-state index in [1.807, 2.05) is 21.0 Å². The predicted octanol–water partition coefficient (Wildman–Crippen LogP) is 0.236. The molecule has 1 aromatic rings. The van der Waals surface area contributed by atoms with Crippen LogP contribution in [-0.2, 0) is 6.54 Å². The van der Waals surface area contributed by atoms with E-state index in [1.165, 1.54) is 6.07 Å². The molecule has 0 bridgehead atoms. The van der Waals surface area contributed by atoms with Crippen LogP contribution in [0.15, 0.2) is 22.1 Å². The number of hydrogen-bond donors (Lipinski definition) is 1. The van der Waals surface area contributed by atoms with Gasteiger partial charge in [-0.2, -0.15) is 4.98 Å². The van der Waals surface area contributed by atoms with E-state index < -0.39 is 6.10 Å². The number of aromatic nitrogens is 2. The lowest BCUT2D eigenvalue weighted by atomic mass is 10.3. The first-order chi connectivity index (χ1) is 8.02. The van der Waals surface area contributed by atoms with Crippen molar-refractivity contribution in [2.75, 3.05) is 14.1 Å². The van der Waals surface area contributed by atoms with Crippen LogP contribution in [0, 0.1) is 0 Å². The van der Waals surface area contributed by atoms with Gasteiger partial charge in [-0.15, -0.1) is 0 Å². The highest BCUT2D eigenvalue weighted by atomic mass is 16.3. The monoisotopic (exact) mass is 238 g/mol. The largest absolute Gasteiger partial charge is 0.391 e. The summed E-state index contributed by atoms with van der Waals surface area (Å²) < 4.78 is 1.66. The van der Waals surface area contributed by atoms with Gasteiger partial charge in [-0.25, -0.2) is 4.99 Å². The van der Waals surface area contributed by atoms with Gasteiger partial charge in [0.2, 0.25) is 5.95 Å². The summed E-state index contributed by atoms with van der Waals surface area (Å²) in [6.45, 7) is 2.27. The van der Waals surface area contributed by atoms with Crippen molar-refractivity contribution in [3.63, 3.8) is 0 Å². The number of aliphatic imine (C=N–C) groups is 1. The second-order valence-corrected chi connectivity index (χ2v) is 3.99. The molecule has 0 spiro atoms. The Bertz CT molecular complexity index is 439. The SMILES string of the molecule is CC[C@@H](O)Cn1ccc(=O)nc1N=CN(C)C. The van der Waals surface area contributed by atoms with Gasteiger partial charge >= 0.3 is 0 Å². The third-order valence-corrected chi connectivity index (χ3v) is 2.15. The maximum Gasteiger partial charge on any atom is 0.274 e. The smallest absolute Gasteiger partial charge is 0.274 e. The quantitative estimate of drug-likeness (QED) is 0.589. The molecule has 0 unspecified atom stereocenters. The zero-order valence-electron chi connectivity index (χ0n) is 10.4. The predicted molar refractivity (Wildman–Crippen MR) is 66.6 cm³/mol. The molecule has 0 aliphatic rings. The molecule has 0 amide bonds. The molecule has 0 aliphatic heterocycles. The minimum Gasteiger partial charge on any atom is -0.391 e. The highest BCUT2D eigenvalue weighted by Crippen LogP contribution is 2.07. The third-order valence-electron chi connectivity index (χ3n) is 2.15. The molecular weight excluding hydrogens is 220 g/mol. The summed E-state index contributed by atoms with van der Waals surface area (Å²) in [7, 11) is 3.66. The summed E-state index contributed by atoms with van der Waals surface area (Å²) in [6, 6.07) is 1.36. The van der Waals surface area contributed by atoms with Crippen molar-refractivity contribution < 1.29 is 5.11 Å². The van der Waals surface area contributed by atoms with Crippen molar-refractivity contribution in [2.24, 2.45) is 4.99 Å². The fraction of sp³-hybridized carbons (Fsp3) is 0.545. The van der Waals surface area contributed by atoms with Crippen LogP contribution in [0.3, 0.4) is 0 Å². The summed E-state index contributed by atoms with van der Waals surface area (Å²) in [5.41, 5.74) is -0.335. The Morgan fingerprint density at radius 2 is 2.35 bits per heavy atom. The molecule has 0 radical (unpaired) electrons. The van der Waals surface area contributed by atoms with Gasteiger partial charge in [-0.1, -0.05) is 6.92 Å². The lowest BCUT2D eigenvalue weighted by molar-refractivity contribution is 0.150. The summed E-state index contributed by atoms with van der Waals surface area (Å²) in [5, 5.41) is 9.59. The van der Waals surface area contributed by atoms with E-state index in [9.17, 15) is 9.90 Å². The van der Waals surface area contributed by atoms with Gasteiger partial charge < -0.3 is 14.6 Å². The van der Waals surface area contributed by atoms with Gasteiger partial charge in [0.05, 0.1) is 19.0 Å². The number of nitrogens with zero attached hydrogens (tertiary/aromatic N) is 4. The molecule has 0 fully saturated rings. The molecule has 0 aliphatic carbocycles. The fourth-order valence-electron chi connectivity index (χ4n) is 1.19. The number of hydrogen-bond acceptors (Lipinski definition) is 4. The Morgan fingerprint density at radius 3 is 2.94 bits per heavy atom. The topological polar surface area (TPSA) is 70.7 Å². The standard InChI is InChI=1S/C11H18N4O2/c1-4-9(16)7-15-6-5-10(17)13-11(15)12-8-14(2)3/h5-6,8-9,16H,4,7H2,1-3H3/t9-/m1/s1.